The maximum absolute atomic E-state index is 11.8. The Bertz CT molecular complexity index is 805. The number of hydrogen-bond acceptors (Lipinski definition) is 2. The summed E-state index contributed by atoms with van der Waals surface area (Å²) in [6, 6.07) is 8.54. The summed E-state index contributed by atoms with van der Waals surface area (Å²) in [5.41, 5.74) is 1.63. The highest BCUT2D eigenvalue weighted by Gasteiger charge is 2.13. The van der Waals surface area contributed by atoms with Crippen LogP contribution in [0.1, 0.15) is 26.3 Å². The standard InChI is InChI=1S/C16H17NOS/c1-16(2,3)9-10-4-5-11-12-6-7-17-15(18)14(12)19-13(11)8-10/h4-8H,9H2,1-3H3,(H,17,18). The van der Waals surface area contributed by atoms with Crippen molar-refractivity contribution in [1.29, 1.82) is 0 Å². The first-order valence-electron chi connectivity index (χ1n) is 6.47. The fraction of sp³-hybridized carbons (Fsp3) is 0.312. The first-order chi connectivity index (χ1) is 8.94. The molecule has 3 aromatic rings. The van der Waals surface area contributed by atoms with Crippen LogP contribution in [0.25, 0.3) is 20.2 Å². The van der Waals surface area contributed by atoms with Crippen LogP contribution < -0.4 is 5.56 Å². The smallest absolute Gasteiger partial charge is 0.265 e. The molecule has 0 saturated carbocycles. The lowest BCUT2D eigenvalue weighted by Gasteiger charge is -2.17. The fourth-order valence-electron chi connectivity index (χ4n) is 2.48. The normalized spacial score (nSPS) is 12.4. The van der Waals surface area contributed by atoms with E-state index in [1.807, 2.05) is 6.07 Å². The molecule has 0 spiro atoms. The number of fused-ring (bicyclic) bond motifs is 3. The van der Waals surface area contributed by atoms with E-state index in [2.05, 4.69) is 44.0 Å². The van der Waals surface area contributed by atoms with Gasteiger partial charge in [0.25, 0.3) is 5.56 Å². The van der Waals surface area contributed by atoms with Crippen molar-refractivity contribution in [1.82, 2.24) is 4.98 Å². The molecule has 1 aromatic carbocycles. The molecule has 2 heterocycles. The van der Waals surface area contributed by atoms with Crippen molar-refractivity contribution in [3.63, 3.8) is 0 Å². The SMILES string of the molecule is CC(C)(C)Cc1ccc2c(c1)sc1c(=O)[nH]ccc12. The highest BCUT2D eigenvalue weighted by atomic mass is 32.1. The van der Waals surface area contributed by atoms with Gasteiger partial charge in [-0.25, -0.2) is 0 Å². The molecule has 2 nitrogen and oxygen atoms in total. The summed E-state index contributed by atoms with van der Waals surface area (Å²) in [6.45, 7) is 6.73. The molecule has 3 heteroatoms. The van der Waals surface area contributed by atoms with Crippen LogP contribution in [-0.4, -0.2) is 4.98 Å². The van der Waals surface area contributed by atoms with Gasteiger partial charge in [-0.1, -0.05) is 32.9 Å². The van der Waals surface area contributed by atoms with Crippen molar-refractivity contribution in [2.75, 3.05) is 0 Å². The number of benzene rings is 1. The van der Waals surface area contributed by atoms with E-state index in [4.69, 9.17) is 0 Å². The van der Waals surface area contributed by atoms with Crippen LogP contribution in [0.15, 0.2) is 35.3 Å². The highest BCUT2D eigenvalue weighted by Crippen LogP contribution is 2.33. The Labute approximate surface area is 116 Å². The fourth-order valence-corrected chi connectivity index (χ4v) is 3.64. The van der Waals surface area contributed by atoms with Gasteiger partial charge in [-0.05, 0) is 29.5 Å². The van der Waals surface area contributed by atoms with E-state index in [1.54, 1.807) is 17.5 Å². The Morgan fingerprint density at radius 3 is 2.68 bits per heavy atom. The Morgan fingerprint density at radius 1 is 1.16 bits per heavy atom. The number of hydrogen-bond donors (Lipinski definition) is 1. The maximum Gasteiger partial charge on any atom is 0.265 e. The minimum Gasteiger partial charge on any atom is -0.328 e. The van der Waals surface area contributed by atoms with Crippen LogP contribution in [0.5, 0.6) is 0 Å². The number of aromatic amines is 1. The lowest BCUT2D eigenvalue weighted by Crippen LogP contribution is -2.08. The molecule has 2 aromatic heterocycles. The molecule has 0 unspecified atom stereocenters. The molecule has 98 valence electrons. The first kappa shape index (κ1) is 12.4. The predicted octanol–water partition coefficient (Wildman–Crippen LogP) is 4.33. The van der Waals surface area contributed by atoms with E-state index in [-0.39, 0.29) is 11.0 Å². The lowest BCUT2D eigenvalue weighted by atomic mass is 9.88. The quantitative estimate of drug-likeness (QED) is 0.702. The number of H-pyrrole nitrogens is 1. The summed E-state index contributed by atoms with van der Waals surface area (Å²) in [5.74, 6) is 0. The van der Waals surface area contributed by atoms with E-state index in [9.17, 15) is 4.79 Å². The van der Waals surface area contributed by atoms with Crippen LogP contribution in [0.3, 0.4) is 0 Å². The minimum absolute atomic E-state index is 0.0103. The molecule has 0 bridgehead atoms. The molecule has 0 saturated heterocycles. The van der Waals surface area contributed by atoms with Gasteiger partial charge in [-0.3, -0.25) is 4.79 Å². The Hall–Kier alpha value is -1.61. The molecule has 0 aliphatic heterocycles. The van der Waals surface area contributed by atoms with Crippen LogP contribution in [0.2, 0.25) is 0 Å². The van der Waals surface area contributed by atoms with Crippen LogP contribution >= 0.6 is 11.3 Å². The molecular weight excluding hydrogens is 254 g/mol. The average Bonchev–Trinajstić information content (AvgIpc) is 2.66. The topological polar surface area (TPSA) is 32.9 Å². The van der Waals surface area contributed by atoms with Crippen LogP contribution in [-0.2, 0) is 6.42 Å². The zero-order chi connectivity index (χ0) is 13.6. The second kappa shape index (κ2) is 4.20. The van der Waals surface area contributed by atoms with Crippen LogP contribution in [0, 0.1) is 5.41 Å². The Morgan fingerprint density at radius 2 is 1.95 bits per heavy atom. The molecule has 0 atom stereocenters. The van der Waals surface area contributed by atoms with Gasteiger partial charge in [0.05, 0.1) is 0 Å². The summed E-state index contributed by atoms with van der Waals surface area (Å²) in [7, 11) is 0. The number of rotatable bonds is 1. The largest absolute Gasteiger partial charge is 0.328 e. The van der Waals surface area contributed by atoms with Crippen molar-refractivity contribution >= 4 is 31.5 Å². The maximum atomic E-state index is 11.8. The number of thiophene rings is 1. The lowest BCUT2D eigenvalue weighted by molar-refractivity contribution is 0.411. The van der Waals surface area contributed by atoms with Gasteiger partial charge in [0.15, 0.2) is 0 Å². The van der Waals surface area contributed by atoms with Gasteiger partial charge in [-0.2, -0.15) is 0 Å². The highest BCUT2D eigenvalue weighted by molar-refractivity contribution is 7.25. The summed E-state index contributed by atoms with van der Waals surface area (Å²) in [4.78, 5) is 14.6. The van der Waals surface area contributed by atoms with E-state index in [0.717, 1.165) is 16.5 Å². The molecule has 1 N–H and O–H groups in total. The van der Waals surface area contributed by atoms with E-state index in [1.165, 1.54) is 15.6 Å². The van der Waals surface area contributed by atoms with Crippen molar-refractivity contribution in [2.45, 2.75) is 27.2 Å². The van der Waals surface area contributed by atoms with Gasteiger partial charge < -0.3 is 4.98 Å². The molecule has 0 aliphatic rings. The second-order valence-corrected chi connectivity index (χ2v) is 7.27. The molecule has 0 fully saturated rings. The molecule has 19 heavy (non-hydrogen) atoms. The molecule has 3 rings (SSSR count). The monoisotopic (exact) mass is 271 g/mol. The van der Waals surface area contributed by atoms with Crippen molar-refractivity contribution in [3.8, 4) is 0 Å². The first-order valence-corrected chi connectivity index (χ1v) is 7.28. The third-order valence-electron chi connectivity index (χ3n) is 3.20. The summed E-state index contributed by atoms with van der Waals surface area (Å²) in [6.07, 6.45) is 2.77. The molecular formula is C16H17NOS. The van der Waals surface area contributed by atoms with Gasteiger partial charge in [0.2, 0.25) is 0 Å². The zero-order valence-electron chi connectivity index (χ0n) is 11.4. The van der Waals surface area contributed by atoms with Crippen LogP contribution in [0.4, 0.5) is 0 Å². The zero-order valence-corrected chi connectivity index (χ0v) is 12.2. The average molecular weight is 271 g/mol. The van der Waals surface area contributed by atoms with E-state index >= 15 is 0 Å². The molecule has 0 aliphatic carbocycles. The summed E-state index contributed by atoms with van der Waals surface area (Å²) in [5, 5.41) is 2.25. The van der Waals surface area contributed by atoms with E-state index in [0.29, 0.717) is 0 Å². The van der Waals surface area contributed by atoms with Gasteiger partial charge in [0, 0.05) is 21.7 Å². The van der Waals surface area contributed by atoms with Gasteiger partial charge in [0.1, 0.15) is 4.70 Å². The van der Waals surface area contributed by atoms with Gasteiger partial charge >= 0.3 is 0 Å². The molecule has 0 amide bonds. The Balaban J connectivity index is 2.22. The number of pyridine rings is 1. The third-order valence-corrected chi connectivity index (χ3v) is 4.37. The Kier molecular flexibility index (Phi) is 2.75. The summed E-state index contributed by atoms with van der Waals surface area (Å²) >= 11 is 1.58. The second-order valence-electron chi connectivity index (χ2n) is 6.22. The van der Waals surface area contributed by atoms with E-state index < -0.39 is 0 Å². The summed E-state index contributed by atoms with van der Waals surface area (Å²) < 4.78 is 2.03. The number of aromatic nitrogens is 1. The minimum atomic E-state index is 0.0103. The third kappa shape index (κ3) is 2.30. The van der Waals surface area contributed by atoms with Crippen molar-refractivity contribution < 1.29 is 0 Å². The predicted molar refractivity (Wildman–Crippen MR) is 83.1 cm³/mol. The van der Waals surface area contributed by atoms with Crippen molar-refractivity contribution in [3.05, 3.63) is 46.4 Å². The molecule has 0 radical (unpaired) electrons. The number of nitrogens with one attached hydrogen (secondary N) is 1. The van der Waals surface area contributed by atoms with Crippen molar-refractivity contribution in [2.24, 2.45) is 5.41 Å². The van der Waals surface area contributed by atoms with Gasteiger partial charge in [-0.15, -0.1) is 11.3 Å².